The summed E-state index contributed by atoms with van der Waals surface area (Å²) >= 11 is 0. The summed E-state index contributed by atoms with van der Waals surface area (Å²) in [6.45, 7) is 3.58. The SMILES string of the molecule is CCn1cnnc1[C@@H]1C[C@@H](O)CN1. The highest BCUT2D eigenvalue weighted by Crippen LogP contribution is 2.20. The molecule has 2 N–H and O–H groups in total. The first kappa shape index (κ1) is 8.65. The molecule has 0 saturated carbocycles. The van der Waals surface area contributed by atoms with Crippen LogP contribution in [0.4, 0.5) is 0 Å². The van der Waals surface area contributed by atoms with Gasteiger partial charge in [0.1, 0.15) is 12.2 Å². The summed E-state index contributed by atoms with van der Waals surface area (Å²) in [5.74, 6) is 0.930. The summed E-state index contributed by atoms with van der Waals surface area (Å²) in [4.78, 5) is 0. The lowest BCUT2D eigenvalue weighted by molar-refractivity contribution is 0.192. The number of β-amino-alcohol motifs (C(OH)–C–C–N with tert-alkyl or cyclic N) is 1. The molecule has 1 aliphatic heterocycles. The molecular weight excluding hydrogens is 168 g/mol. The van der Waals surface area contributed by atoms with Crippen LogP contribution < -0.4 is 5.32 Å². The minimum absolute atomic E-state index is 0.164. The fourth-order valence-electron chi connectivity index (χ4n) is 1.69. The van der Waals surface area contributed by atoms with Gasteiger partial charge in [-0.25, -0.2) is 0 Å². The van der Waals surface area contributed by atoms with Gasteiger partial charge in [0.15, 0.2) is 0 Å². The Morgan fingerprint density at radius 2 is 2.62 bits per heavy atom. The molecule has 1 aliphatic rings. The highest BCUT2D eigenvalue weighted by atomic mass is 16.3. The van der Waals surface area contributed by atoms with Crippen molar-refractivity contribution in [1.29, 1.82) is 0 Å². The Morgan fingerprint density at radius 1 is 1.77 bits per heavy atom. The van der Waals surface area contributed by atoms with Crippen LogP contribution in [0.15, 0.2) is 6.33 Å². The Hall–Kier alpha value is -0.940. The van der Waals surface area contributed by atoms with Crippen molar-refractivity contribution in [3.63, 3.8) is 0 Å². The van der Waals surface area contributed by atoms with Gasteiger partial charge in [-0.1, -0.05) is 0 Å². The van der Waals surface area contributed by atoms with Crippen LogP contribution in [0, 0.1) is 0 Å². The van der Waals surface area contributed by atoms with E-state index in [4.69, 9.17) is 0 Å². The number of aliphatic hydroxyl groups is 1. The maximum Gasteiger partial charge on any atom is 0.150 e. The minimum atomic E-state index is -0.244. The topological polar surface area (TPSA) is 63.0 Å². The fraction of sp³-hybridized carbons (Fsp3) is 0.750. The van der Waals surface area contributed by atoms with Crippen molar-refractivity contribution in [2.75, 3.05) is 6.54 Å². The predicted molar refractivity (Wildman–Crippen MR) is 47.1 cm³/mol. The summed E-state index contributed by atoms with van der Waals surface area (Å²) in [7, 11) is 0. The zero-order valence-electron chi connectivity index (χ0n) is 7.64. The molecule has 72 valence electrons. The number of aromatic nitrogens is 3. The smallest absolute Gasteiger partial charge is 0.150 e. The molecule has 2 atom stereocenters. The van der Waals surface area contributed by atoms with Crippen molar-refractivity contribution in [2.45, 2.75) is 32.0 Å². The Balaban J connectivity index is 2.16. The molecule has 0 bridgehead atoms. The third kappa shape index (κ3) is 1.57. The third-order valence-corrected chi connectivity index (χ3v) is 2.41. The first-order chi connectivity index (χ1) is 6.31. The largest absolute Gasteiger partial charge is 0.392 e. The number of hydrogen-bond acceptors (Lipinski definition) is 4. The maximum atomic E-state index is 9.34. The van der Waals surface area contributed by atoms with E-state index in [1.165, 1.54) is 0 Å². The molecule has 5 heteroatoms. The average Bonchev–Trinajstić information content (AvgIpc) is 2.71. The van der Waals surface area contributed by atoms with Gasteiger partial charge in [-0.3, -0.25) is 0 Å². The Kier molecular flexibility index (Phi) is 2.28. The molecule has 2 rings (SSSR count). The number of aliphatic hydroxyl groups excluding tert-OH is 1. The zero-order valence-corrected chi connectivity index (χ0v) is 7.64. The summed E-state index contributed by atoms with van der Waals surface area (Å²) in [6.07, 6.45) is 2.22. The first-order valence-corrected chi connectivity index (χ1v) is 4.60. The van der Waals surface area contributed by atoms with E-state index in [9.17, 15) is 5.11 Å². The molecule has 0 aromatic carbocycles. The normalized spacial score (nSPS) is 28.2. The van der Waals surface area contributed by atoms with Crippen LogP contribution in [-0.4, -0.2) is 32.5 Å². The highest BCUT2D eigenvalue weighted by Gasteiger charge is 2.26. The lowest BCUT2D eigenvalue weighted by Crippen LogP contribution is -2.18. The Labute approximate surface area is 76.8 Å². The second-order valence-corrected chi connectivity index (χ2v) is 3.33. The van der Waals surface area contributed by atoms with Crippen molar-refractivity contribution in [1.82, 2.24) is 20.1 Å². The summed E-state index contributed by atoms with van der Waals surface area (Å²) < 4.78 is 2.00. The number of rotatable bonds is 2. The van der Waals surface area contributed by atoms with E-state index in [1.807, 2.05) is 4.57 Å². The van der Waals surface area contributed by atoms with Gasteiger partial charge in [-0.05, 0) is 13.3 Å². The summed E-state index contributed by atoms with van der Waals surface area (Å²) in [5, 5.41) is 20.4. The zero-order chi connectivity index (χ0) is 9.26. The molecule has 0 radical (unpaired) electrons. The molecule has 1 saturated heterocycles. The van der Waals surface area contributed by atoms with Gasteiger partial charge in [-0.2, -0.15) is 0 Å². The van der Waals surface area contributed by atoms with Gasteiger partial charge in [0.25, 0.3) is 0 Å². The van der Waals surface area contributed by atoms with Crippen LogP contribution in [0.3, 0.4) is 0 Å². The van der Waals surface area contributed by atoms with Crippen molar-refractivity contribution in [2.24, 2.45) is 0 Å². The molecule has 1 aromatic heterocycles. The second kappa shape index (κ2) is 3.43. The van der Waals surface area contributed by atoms with Crippen molar-refractivity contribution >= 4 is 0 Å². The van der Waals surface area contributed by atoms with Crippen LogP contribution in [0.1, 0.15) is 25.2 Å². The van der Waals surface area contributed by atoms with Gasteiger partial charge in [0.05, 0.1) is 12.1 Å². The first-order valence-electron chi connectivity index (χ1n) is 4.60. The van der Waals surface area contributed by atoms with Gasteiger partial charge in [-0.15, -0.1) is 10.2 Å². The van der Waals surface area contributed by atoms with Gasteiger partial charge in [0, 0.05) is 13.1 Å². The van der Waals surface area contributed by atoms with Crippen molar-refractivity contribution in [3.05, 3.63) is 12.2 Å². The lowest BCUT2D eigenvalue weighted by Gasteiger charge is -2.09. The van der Waals surface area contributed by atoms with Crippen LogP contribution in [0.5, 0.6) is 0 Å². The number of nitrogens with zero attached hydrogens (tertiary/aromatic N) is 3. The molecule has 5 nitrogen and oxygen atoms in total. The van der Waals surface area contributed by atoms with E-state index in [0.29, 0.717) is 6.54 Å². The fourth-order valence-corrected chi connectivity index (χ4v) is 1.69. The van der Waals surface area contributed by atoms with Crippen LogP contribution >= 0.6 is 0 Å². The average molecular weight is 182 g/mol. The summed E-state index contributed by atoms with van der Waals surface area (Å²) in [6, 6.07) is 0.164. The minimum Gasteiger partial charge on any atom is -0.392 e. The molecular formula is C8H14N4O. The van der Waals surface area contributed by atoms with Crippen LogP contribution in [-0.2, 0) is 6.54 Å². The molecule has 1 aromatic rings. The molecule has 0 spiro atoms. The van der Waals surface area contributed by atoms with E-state index >= 15 is 0 Å². The number of nitrogens with one attached hydrogen (secondary N) is 1. The van der Waals surface area contributed by atoms with E-state index in [1.54, 1.807) is 6.33 Å². The van der Waals surface area contributed by atoms with Crippen molar-refractivity contribution in [3.8, 4) is 0 Å². The van der Waals surface area contributed by atoms with Gasteiger partial charge < -0.3 is 15.0 Å². The molecule has 1 fully saturated rings. The van der Waals surface area contributed by atoms with Crippen LogP contribution in [0.2, 0.25) is 0 Å². The quantitative estimate of drug-likeness (QED) is 0.658. The van der Waals surface area contributed by atoms with Gasteiger partial charge >= 0.3 is 0 Å². The maximum absolute atomic E-state index is 9.34. The molecule has 2 heterocycles. The van der Waals surface area contributed by atoms with E-state index < -0.39 is 0 Å². The Morgan fingerprint density at radius 3 is 3.23 bits per heavy atom. The molecule has 0 amide bonds. The number of aryl methyl sites for hydroxylation is 1. The predicted octanol–water partition coefficient (Wildman–Crippen LogP) is -0.307. The summed E-state index contributed by atoms with van der Waals surface area (Å²) in [5.41, 5.74) is 0. The standard InChI is InChI=1S/C8H14N4O/c1-2-12-5-10-11-8(12)7-3-6(13)4-9-7/h5-7,9,13H,2-4H2,1H3/t6-,7+/m1/s1. The van der Waals surface area contributed by atoms with Crippen LogP contribution in [0.25, 0.3) is 0 Å². The van der Waals surface area contributed by atoms with Gasteiger partial charge in [0.2, 0.25) is 0 Å². The monoisotopic (exact) mass is 182 g/mol. The van der Waals surface area contributed by atoms with E-state index in [0.717, 1.165) is 18.8 Å². The second-order valence-electron chi connectivity index (χ2n) is 3.33. The highest BCUT2D eigenvalue weighted by molar-refractivity contribution is 4.99. The molecule has 0 unspecified atom stereocenters. The lowest BCUT2D eigenvalue weighted by atomic mass is 10.2. The van der Waals surface area contributed by atoms with Crippen molar-refractivity contribution < 1.29 is 5.11 Å². The Bertz CT molecular complexity index is 285. The third-order valence-electron chi connectivity index (χ3n) is 2.41. The molecule has 0 aliphatic carbocycles. The molecule has 13 heavy (non-hydrogen) atoms. The number of hydrogen-bond donors (Lipinski definition) is 2. The van der Waals surface area contributed by atoms with E-state index in [2.05, 4.69) is 22.4 Å². The van der Waals surface area contributed by atoms with E-state index in [-0.39, 0.29) is 12.1 Å².